The summed E-state index contributed by atoms with van der Waals surface area (Å²) in [7, 11) is 0. The van der Waals surface area contributed by atoms with E-state index in [0.29, 0.717) is 5.95 Å². The molecule has 5 heterocycles. The standard InChI is InChI=1S/C35H19N5/c1-2-9-21-20(8-1)15-16-29-31(21)33-32-23-11-4-6-14-28(23)40(35-37-19-26-25(38-35)12-7-17-36-26)30(32)18-24-22-10-3-5-13-27(22)39(29)34(24)33/h1-19H. The molecule has 5 aromatic heterocycles. The van der Waals surface area contributed by atoms with Crippen LogP contribution >= 0.6 is 0 Å². The van der Waals surface area contributed by atoms with Crippen molar-refractivity contribution in [3.8, 4) is 5.95 Å². The first kappa shape index (κ1) is 20.4. The molecule has 0 atom stereocenters. The van der Waals surface area contributed by atoms with Gasteiger partial charge in [-0.05, 0) is 47.2 Å². The van der Waals surface area contributed by atoms with Crippen LogP contribution in [0.1, 0.15) is 0 Å². The van der Waals surface area contributed by atoms with Crippen molar-refractivity contribution in [2.75, 3.05) is 0 Å². The molecule has 0 fully saturated rings. The number of para-hydroxylation sites is 2. The molecule has 0 spiro atoms. The second-order valence-corrected chi connectivity index (χ2v) is 10.5. The molecule has 0 saturated carbocycles. The van der Waals surface area contributed by atoms with Gasteiger partial charge in [0.1, 0.15) is 5.52 Å². The first-order chi connectivity index (χ1) is 19.9. The Bertz CT molecular complexity index is 2660. The Hall–Kier alpha value is -5.55. The van der Waals surface area contributed by atoms with E-state index < -0.39 is 0 Å². The van der Waals surface area contributed by atoms with E-state index in [1.165, 1.54) is 59.6 Å². The minimum absolute atomic E-state index is 0.651. The van der Waals surface area contributed by atoms with Gasteiger partial charge in [0.15, 0.2) is 0 Å². The first-order valence-corrected chi connectivity index (χ1v) is 13.5. The lowest BCUT2D eigenvalue weighted by molar-refractivity contribution is 1.01. The van der Waals surface area contributed by atoms with E-state index in [9.17, 15) is 0 Å². The van der Waals surface area contributed by atoms with Crippen molar-refractivity contribution in [3.63, 3.8) is 0 Å². The molecular weight excluding hydrogens is 490 g/mol. The van der Waals surface area contributed by atoms with Gasteiger partial charge in [-0.15, -0.1) is 0 Å². The summed E-state index contributed by atoms with van der Waals surface area (Å²) in [5, 5.41) is 10.0. The van der Waals surface area contributed by atoms with E-state index in [0.717, 1.165) is 22.1 Å². The van der Waals surface area contributed by atoms with Gasteiger partial charge in [0.2, 0.25) is 5.95 Å². The molecule has 0 aliphatic rings. The monoisotopic (exact) mass is 509 g/mol. The minimum atomic E-state index is 0.651. The zero-order valence-electron chi connectivity index (χ0n) is 21.2. The highest BCUT2D eigenvalue weighted by molar-refractivity contribution is 6.38. The Kier molecular flexibility index (Phi) is 3.62. The van der Waals surface area contributed by atoms with Crippen LogP contribution in [0.4, 0.5) is 0 Å². The lowest BCUT2D eigenvalue weighted by Crippen LogP contribution is -2.01. The molecule has 0 amide bonds. The van der Waals surface area contributed by atoms with Crippen molar-refractivity contribution in [3.05, 3.63) is 116 Å². The molecule has 0 saturated heterocycles. The fourth-order valence-electron chi connectivity index (χ4n) is 6.96. The summed E-state index contributed by atoms with van der Waals surface area (Å²) in [6.07, 6.45) is 3.60. The molecule has 0 aliphatic heterocycles. The number of pyridine rings is 1. The molecule has 0 aliphatic carbocycles. The van der Waals surface area contributed by atoms with Gasteiger partial charge in [-0.25, -0.2) is 9.97 Å². The van der Waals surface area contributed by atoms with Crippen LogP contribution in [0.5, 0.6) is 0 Å². The third-order valence-corrected chi connectivity index (χ3v) is 8.53. The molecule has 0 unspecified atom stereocenters. The van der Waals surface area contributed by atoms with Gasteiger partial charge in [0.25, 0.3) is 0 Å². The van der Waals surface area contributed by atoms with Crippen molar-refractivity contribution in [1.29, 1.82) is 0 Å². The summed E-state index contributed by atoms with van der Waals surface area (Å²) in [6, 6.07) is 36.9. The summed E-state index contributed by atoms with van der Waals surface area (Å²) < 4.78 is 4.69. The SMILES string of the molecule is c1ccc2c(c1)ccc1c2c2c3c4ccccc4n(-c4ncc5ncccc5n4)c3cc3c4ccccc4n1c32. The summed E-state index contributed by atoms with van der Waals surface area (Å²) in [4.78, 5) is 14.3. The Morgan fingerprint density at radius 3 is 2.20 bits per heavy atom. The van der Waals surface area contributed by atoms with Crippen LogP contribution in [0.3, 0.4) is 0 Å². The molecule has 184 valence electrons. The van der Waals surface area contributed by atoms with E-state index in [4.69, 9.17) is 9.97 Å². The van der Waals surface area contributed by atoms with Gasteiger partial charge in [0.05, 0.1) is 39.3 Å². The fourth-order valence-corrected chi connectivity index (χ4v) is 6.96. The van der Waals surface area contributed by atoms with Gasteiger partial charge in [-0.2, -0.15) is 0 Å². The van der Waals surface area contributed by atoms with Gasteiger partial charge < -0.3 is 4.40 Å². The smallest absolute Gasteiger partial charge is 0.235 e. The summed E-state index contributed by atoms with van der Waals surface area (Å²) in [5.74, 6) is 0.651. The Balaban J connectivity index is 1.53. The van der Waals surface area contributed by atoms with E-state index in [1.807, 2.05) is 18.3 Å². The van der Waals surface area contributed by atoms with Crippen LogP contribution in [0, 0.1) is 0 Å². The molecule has 0 bridgehead atoms. The normalized spacial score (nSPS) is 12.5. The molecular formula is C35H19N5. The van der Waals surface area contributed by atoms with Crippen LogP contribution in [0.15, 0.2) is 116 Å². The van der Waals surface area contributed by atoms with E-state index >= 15 is 0 Å². The van der Waals surface area contributed by atoms with Crippen LogP contribution in [0.2, 0.25) is 0 Å². The molecule has 0 radical (unpaired) electrons. The van der Waals surface area contributed by atoms with Crippen molar-refractivity contribution < 1.29 is 0 Å². The average molecular weight is 510 g/mol. The highest BCUT2D eigenvalue weighted by Gasteiger charge is 2.25. The van der Waals surface area contributed by atoms with E-state index in [-0.39, 0.29) is 0 Å². The second kappa shape index (κ2) is 7.10. The van der Waals surface area contributed by atoms with Crippen molar-refractivity contribution in [2.45, 2.75) is 0 Å². The van der Waals surface area contributed by atoms with Crippen molar-refractivity contribution >= 4 is 81.7 Å². The summed E-state index contributed by atoms with van der Waals surface area (Å²) in [5.41, 5.74) is 7.55. The number of hydrogen-bond acceptors (Lipinski definition) is 3. The molecule has 5 heteroatoms. The predicted octanol–water partition coefficient (Wildman–Crippen LogP) is 8.43. The zero-order valence-corrected chi connectivity index (χ0v) is 21.2. The molecule has 5 nitrogen and oxygen atoms in total. The van der Waals surface area contributed by atoms with Crippen LogP contribution < -0.4 is 0 Å². The van der Waals surface area contributed by atoms with Crippen LogP contribution in [-0.2, 0) is 0 Å². The second-order valence-electron chi connectivity index (χ2n) is 10.5. The highest BCUT2D eigenvalue weighted by atomic mass is 15.2. The van der Waals surface area contributed by atoms with Crippen molar-refractivity contribution in [1.82, 2.24) is 23.9 Å². The maximum absolute atomic E-state index is 4.99. The number of aromatic nitrogens is 5. The average Bonchev–Trinajstić information content (AvgIpc) is 3.65. The molecule has 0 N–H and O–H groups in total. The number of nitrogens with zero attached hydrogens (tertiary/aromatic N) is 5. The Morgan fingerprint density at radius 1 is 0.500 bits per heavy atom. The van der Waals surface area contributed by atoms with Gasteiger partial charge in [-0.3, -0.25) is 9.55 Å². The number of hydrogen-bond donors (Lipinski definition) is 0. The van der Waals surface area contributed by atoms with Gasteiger partial charge in [-0.1, -0.05) is 66.7 Å². The van der Waals surface area contributed by atoms with Gasteiger partial charge >= 0.3 is 0 Å². The topological polar surface area (TPSA) is 48.0 Å². The van der Waals surface area contributed by atoms with Crippen LogP contribution in [-0.4, -0.2) is 23.9 Å². The summed E-state index contributed by atoms with van der Waals surface area (Å²) in [6.45, 7) is 0. The lowest BCUT2D eigenvalue weighted by atomic mass is 9.98. The number of benzene rings is 5. The molecule has 10 rings (SSSR count). The predicted molar refractivity (Wildman–Crippen MR) is 164 cm³/mol. The minimum Gasteiger partial charge on any atom is -0.308 e. The summed E-state index contributed by atoms with van der Waals surface area (Å²) >= 11 is 0. The van der Waals surface area contributed by atoms with Gasteiger partial charge in [0, 0.05) is 38.5 Å². The van der Waals surface area contributed by atoms with Crippen molar-refractivity contribution in [2.24, 2.45) is 0 Å². The Labute approximate surface area is 226 Å². The maximum atomic E-state index is 4.99. The quantitative estimate of drug-likeness (QED) is 0.223. The Morgan fingerprint density at radius 2 is 1.27 bits per heavy atom. The largest absolute Gasteiger partial charge is 0.308 e. The van der Waals surface area contributed by atoms with E-state index in [1.54, 1.807) is 6.20 Å². The molecule has 40 heavy (non-hydrogen) atoms. The zero-order chi connectivity index (χ0) is 25.9. The maximum Gasteiger partial charge on any atom is 0.235 e. The fraction of sp³-hybridized carbons (Fsp3) is 0. The first-order valence-electron chi connectivity index (χ1n) is 13.5. The third-order valence-electron chi connectivity index (χ3n) is 8.53. The molecule has 5 aromatic carbocycles. The molecule has 10 aromatic rings. The highest BCUT2D eigenvalue weighted by Crippen LogP contribution is 2.47. The number of fused-ring (bicyclic) bond motifs is 13. The lowest BCUT2D eigenvalue weighted by Gasteiger charge is -2.07. The third kappa shape index (κ3) is 2.37. The van der Waals surface area contributed by atoms with E-state index in [2.05, 4.69) is 105 Å². The van der Waals surface area contributed by atoms with Crippen LogP contribution in [0.25, 0.3) is 87.7 Å². The number of rotatable bonds is 1.